The van der Waals surface area contributed by atoms with E-state index in [4.69, 9.17) is 0 Å². The Balaban J connectivity index is 1.33. The number of aryl methyl sites for hydroxylation is 1. The molecule has 0 saturated heterocycles. The Labute approximate surface area is 204 Å². The normalized spacial score (nSPS) is 11.4. The summed E-state index contributed by atoms with van der Waals surface area (Å²) < 4.78 is 0. The number of aromatic nitrogens is 1. The number of amides is 1. The molecule has 0 aliphatic heterocycles. The van der Waals surface area contributed by atoms with E-state index in [2.05, 4.69) is 83.6 Å². The lowest BCUT2D eigenvalue weighted by Gasteiger charge is -2.26. The summed E-state index contributed by atoms with van der Waals surface area (Å²) in [5.74, 6) is -0.0536. The van der Waals surface area contributed by atoms with E-state index in [1.807, 2.05) is 12.1 Å². The molecular formula is C30H37N3O. The molecule has 0 bridgehead atoms. The largest absolute Gasteiger partial charge is 0.353 e. The Morgan fingerprint density at radius 2 is 1.59 bits per heavy atom. The minimum atomic E-state index is -0.0536. The van der Waals surface area contributed by atoms with Crippen molar-refractivity contribution in [2.45, 2.75) is 58.7 Å². The number of hydrogen-bond donors (Lipinski definition) is 1. The van der Waals surface area contributed by atoms with Gasteiger partial charge in [0.25, 0.3) is 0 Å². The zero-order valence-electron chi connectivity index (χ0n) is 20.5. The zero-order valence-corrected chi connectivity index (χ0v) is 20.5. The molecule has 34 heavy (non-hydrogen) atoms. The van der Waals surface area contributed by atoms with E-state index < -0.39 is 0 Å². The number of rotatable bonds is 13. The summed E-state index contributed by atoms with van der Waals surface area (Å²) in [6.07, 6.45) is 11.1. The summed E-state index contributed by atoms with van der Waals surface area (Å²) in [6, 6.07) is 24.0. The number of carbonyl (C=O) groups is 1. The van der Waals surface area contributed by atoms with Gasteiger partial charge in [-0.2, -0.15) is 0 Å². The van der Waals surface area contributed by atoms with Gasteiger partial charge in [0.05, 0.1) is 0 Å². The molecule has 0 aliphatic carbocycles. The number of nitrogens with one attached hydrogen (secondary N) is 1. The van der Waals surface area contributed by atoms with Gasteiger partial charge in [0.2, 0.25) is 5.91 Å². The zero-order chi connectivity index (χ0) is 24.0. The van der Waals surface area contributed by atoms with Gasteiger partial charge in [0, 0.05) is 44.1 Å². The Hall–Kier alpha value is -3.24. The van der Waals surface area contributed by atoms with E-state index in [9.17, 15) is 4.79 Å². The van der Waals surface area contributed by atoms with Crippen LogP contribution in [-0.2, 0) is 24.3 Å². The van der Waals surface area contributed by atoms with Crippen molar-refractivity contribution < 1.29 is 4.79 Å². The number of benzene rings is 2. The lowest BCUT2D eigenvalue weighted by atomic mass is 10.0. The van der Waals surface area contributed by atoms with Gasteiger partial charge >= 0.3 is 0 Å². The minimum absolute atomic E-state index is 0.0536. The first-order valence-corrected chi connectivity index (χ1v) is 12.3. The fourth-order valence-electron chi connectivity index (χ4n) is 3.83. The van der Waals surface area contributed by atoms with Crippen molar-refractivity contribution in [3.8, 4) is 0 Å². The van der Waals surface area contributed by atoms with Crippen LogP contribution in [-0.4, -0.2) is 28.4 Å². The third kappa shape index (κ3) is 9.32. The number of unbranched alkanes of at least 4 members (excludes halogenated alkanes) is 2. The van der Waals surface area contributed by atoms with E-state index in [0.29, 0.717) is 12.6 Å². The average molecular weight is 456 g/mol. The van der Waals surface area contributed by atoms with Crippen molar-refractivity contribution in [2.24, 2.45) is 0 Å². The Kier molecular flexibility index (Phi) is 10.5. The van der Waals surface area contributed by atoms with Gasteiger partial charge in [-0.15, -0.1) is 0 Å². The summed E-state index contributed by atoms with van der Waals surface area (Å²) in [5.41, 5.74) is 5.02. The molecule has 1 heterocycles. The monoisotopic (exact) mass is 455 g/mol. The van der Waals surface area contributed by atoms with Crippen molar-refractivity contribution in [3.63, 3.8) is 0 Å². The molecule has 2 aromatic carbocycles. The highest BCUT2D eigenvalue weighted by molar-refractivity contribution is 5.91. The molecule has 0 spiro atoms. The first-order chi connectivity index (χ1) is 16.6. The van der Waals surface area contributed by atoms with Crippen molar-refractivity contribution in [1.82, 2.24) is 15.2 Å². The van der Waals surface area contributed by atoms with Gasteiger partial charge in [-0.05, 0) is 67.5 Å². The topological polar surface area (TPSA) is 45.2 Å². The number of carbonyl (C=O) groups excluding carboxylic acids is 1. The number of pyridine rings is 1. The van der Waals surface area contributed by atoms with Crippen molar-refractivity contribution in [2.75, 3.05) is 6.54 Å². The van der Waals surface area contributed by atoms with Gasteiger partial charge in [-0.1, -0.05) is 67.1 Å². The van der Waals surface area contributed by atoms with Crippen molar-refractivity contribution in [1.29, 1.82) is 0 Å². The van der Waals surface area contributed by atoms with Gasteiger partial charge in [0.15, 0.2) is 0 Å². The van der Waals surface area contributed by atoms with Crippen LogP contribution in [0.25, 0.3) is 6.08 Å². The van der Waals surface area contributed by atoms with Gasteiger partial charge in [0.1, 0.15) is 0 Å². The second kappa shape index (κ2) is 14.1. The summed E-state index contributed by atoms with van der Waals surface area (Å²) in [7, 11) is 0. The maximum Gasteiger partial charge on any atom is 0.243 e. The molecule has 1 amide bonds. The quantitative estimate of drug-likeness (QED) is 0.253. The lowest BCUT2D eigenvalue weighted by Crippen LogP contribution is -2.29. The lowest BCUT2D eigenvalue weighted by molar-refractivity contribution is -0.116. The van der Waals surface area contributed by atoms with E-state index >= 15 is 0 Å². The smallest absolute Gasteiger partial charge is 0.243 e. The number of nitrogens with zero attached hydrogens (tertiary/aromatic N) is 2. The van der Waals surface area contributed by atoms with Crippen molar-refractivity contribution >= 4 is 12.0 Å². The summed E-state index contributed by atoms with van der Waals surface area (Å²) in [5, 5.41) is 2.95. The van der Waals surface area contributed by atoms with Crippen LogP contribution in [0.2, 0.25) is 0 Å². The van der Waals surface area contributed by atoms with Gasteiger partial charge in [-0.25, -0.2) is 0 Å². The fourth-order valence-corrected chi connectivity index (χ4v) is 3.83. The molecule has 1 N–H and O–H groups in total. The molecule has 0 saturated carbocycles. The highest BCUT2D eigenvalue weighted by Crippen LogP contribution is 2.15. The van der Waals surface area contributed by atoms with Crippen LogP contribution in [0.4, 0.5) is 0 Å². The van der Waals surface area contributed by atoms with Gasteiger partial charge < -0.3 is 5.32 Å². The first-order valence-electron chi connectivity index (χ1n) is 12.3. The van der Waals surface area contributed by atoms with Crippen molar-refractivity contribution in [3.05, 3.63) is 107 Å². The highest BCUT2D eigenvalue weighted by Gasteiger charge is 2.11. The van der Waals surface area contributed by atoms with E-state index in [1.54, 1.807) is 24.5 Å². The molecule has 0 unspecified atom stereocenters. The standard InChI is InChI=1S/C30H37N3O/c1-25(2)33(23-28-11-5-3-6-12-28)24-29-16-14-26(15-17-29)10-7-4-8-21-32-30(34)19-18-27-13-9-20-31-22-27/h3,5-6,9,11-20,22,25H,4,7-8,10,21,23-24H2,1-2H3,(H,32,34)/b19-18+. The number of hydrogen-bond acceptors (Lipinski definition) is 3. The summed E-state index contributed by atoms with van der Waals surface area (Å²) >= 11 is 0. The molecular weight excluding hydrogens is 418 g/mol. The summed E-state index contributed by atoms with van der Waals surface area (Å²) in [4.78, 5) is 18.4. The molecule has 1 aromatic heterocycles. The Bertz CT molecular complexity index is 998. The van der Waals surface area contributed by atoms with E-state index in [0.717, 1.165) is 44.3 Å². The fraction of sp³-hybridized carbons (Fsp3) is 0.333. The summed E-state index contributed by atoms with van der Waals surface area (Å²) in [6.45, 7) is 7.16. The van der Waals surface area contributed by atoms with Crippen LogP contribution in [0.1, 0.15) is 55.4 Å². The second-order valence-corrected chi connectivity index (χ2v) is 9.02. The maximum atomic E-state index is 11.9. The van der Waals surface area contributed by atoms with Crippen LogP contribution in [0, 0.1) is 0 Å². The molecule has 3 rings (SSSR count). The Morgan fingerprint density at radius 1 is 0.882 bits per heavy atom. The van der Waals surface area contributed by atoms with E-state index in [-0.39, 0.29) is 5.91 Å². The molecule has 0 radical (unpaired) electrons. The van der Waals surface area contributed by atoms with E-state index in [1.165, 1.54) is 16.7 Å². The third-order valence-corrected chi connectivity index (χ3v) is 5.92. The third-order valence-electron chi connectivity index (χ3n) is 5.92. The van der Waals surface area contributed by atoms with Crippen LogP contribution < -0.4 is 5.32 Å². The van der Waals surface area contributed by atoms with Crippen LogP contribution in [0.5, 0.6) is 0 Å². The molecule has 0 atom stereocenters. The molecule has 0 aliphatic rings. The first kappa shape index (κ1) is 25.4. The molecule has 178 valence electrons. The van der Waals surface area contributed by atoms with Crippen LogP contribution >= 0.6 is 0 Å². The molecule has 3 aromatic rings. The minimum Gasteiger partial charge on any atom is -0.353 e. The predicted octanol–water partition coefficient (Wildman–Crippen LogP) is 6.03. The van der Waals surface area contributed by atoms with Crippen LogP contribution in [0.15, 0.2) is 85.2 Å². The second-order valence-electron chi connectivity index (χ2n) is 9.02. The molecule has 4 nitrogen and oxygen atoms in total. The highest BCUT2D eigenvalue weighted by atomic mass is 16.1. The van der Waals surface area contributed by atoms with Crippen LogP contribution in [0.3, 0.4) is 0 Å². The average Bonchev–Trinajstić information content (AvgIpc) is 2.86. The Morgan fingerprint density at radius 3 is 2.26 bits per heavy atom. The predicted molar refractivity (Wildman–Crippen MR) is 141 cm³/mol. The molecule has 4 heteroatoms. The molecule has 0 fully saturated rings. The van der Waals surface area contributed by atoms with Gasteiger partial charge in [-0.3, -0.25) is 14.7 Å². The maximum absolute atomic E-state index is 11.9. The SMILES string of the molecule is CC(C)N(Cc1ccccc1)Cc1ccc(CCCCCNC(=O)/C=C/c2cccnc2)cc1.